The molecule has 0 radical (unpaired) electrons. The van der Waals surface area contributed by atoms with E-state index in [1.165, 1.54) is 70.6 Å². The fourth-order valence-electron chi connectivity index (χ4n) is 5.38. The Kier molecular flexibility index (Phi) is 22.4. The van der Waals surface area contributed by atoms with E-state index < -0.39 is 66.2 Å². The third kappa shape index (κ3) is 19.4. The molecular weight excluding hydrogens is 756 g/mol. The quantitative estimate of drug-likeness (QED) is 0.0490. The molecule has 0 bridgehead atoms. The van der Waals surface area contributed by atoms with Crippen LogP contribution in [0.2, 0.25) is 5.02 Å². The molecule has 3 N–H and O–H groups in total. The summed E-state index contributed by atoms with van der Waals surface area (Å²) >= 11 is 5.73. The highest BCUT2D eigenvalue weighted by molar-refractivity contribution is 7.67. The van der Waals surface area contributed by atoms with Crippen LogP contribution in [0.4, 0.5) is 4.39 Å². The lowest BCUT2D eigenvalue weighted by Crippen LogP contribution is -2.32. The van der Waals surface area contributed by atoms with E-state index >= 15 is 0 Å². The molecule has 15 nitrogen and oxygen atoms in total. The highest BCUT2D eigenvalue weighted by Gasteiger charge is 2.45. The Morgan fingerprint density at radius 1 is 0.784 bits per heavy atom. The van der Waals surface area contributed by atoms with Gasteiger partial charge in [-0.15, -0.1) is 0 Å². The van der Waals surface area contributed by atoms with Crippen LogP contribution in [0, 0.1) is 0 Å². The average molecular weight is 813 g/mol. The summed E-state index contributed by atoms with van der Waals surface area (Å²) in [6, 6.07) is 0. The second-order valence-corrected chi connectivity index (χ2v) is 17.9. The topological polar surface area (TPSA) is 202 Å². The maximum Gasteiger partial charge on any atom is 0.490 e. The van der Waals surface area contributed by atoms with Crippen molar-refractivity contribution in [1.82, 2.24) is 9.55 Å². The van der Waals surface area contributed by atoms with Crippen LogP contribution in [0.1, 0.15) is 142 Å². The minimum atomic E-state index is -5.61. The molecule has 1 aliphatic heterocycles. The molecule has 0 aliphatic carbocycles. The van der Waals surface area contributed by atoms with Gasteiger partial charge < -0.3 is 14.5 Å². The maximum atomic E-state index is 14.6. The van der Waals surface area contributed by atoms with E-state index in [1.807, 2.05) is 11.9 Å². The van der Waals surface area contributed by atoms with Crippen LogP contribution >= 0.6 is 35.1 Å². The van der Waals surface area contributed by atoms with Gasteiger partial charge >= 0.3 is 29.2 Å². The number of H-pyrrole nitrogens is 1. The molecule has 2 rings (SSSR count). The third-order valence-corrected chi connectivity index (χ3v) is 13.2. The second kappa shape index (κ2) is 24.6. The van der Waals surface area contributed by atoms with Crippen LogP contribution in [0.3, 0.4) is 0 Å². The zero-order valence-corrected chi connectivity index (χ0v) is 33.2. The summed E-state index contributed by atoms with van der Waals surface area (Å²) in [7, 11) is -15.8. The number of phosphoric ester groups is 2. The van der Waals surface area contributed by atoms with Crippen molar-refractivity contribution in [2.24, 2.45) is 0 Å². The van der Waals surface area contributed by atoms with Gasteiger partial charge in [0.05, 0.1) is 19.8 Å². The lowest BCUT2D eigenvalue weighted by molar-refractivity contribution is -0.0349. The third-order valence-electron chi connectivity index (χ3n) is 8.20. The highest BCUT2D eigenvalue weighted by atomic mass is 35.5. The monoisotopic (exact) mass is 812 g/mol. The Labute approximate surface area is 305 Å². The van der Waals surface area contributed by atoms with Crippen LogP contribution < -0.4 is 11.2 Å². The van der Waals surface area contributed by atoms with Crippen LogP contribution in [-0.4, -0.2) is 51.4 Å². The molecular formula is C31H57ClFN2O13P3. The van der Waals surface area contributed by atoms with E-state index in [-0.39, 0.29) is 18.2 Å². The maximum absolute atomic E-state index is 14.6. The number of rotatable bonds is 30. The summed E-state index contributed by atoms with van der Waals surface area (Å²) in [6.45, 7) is 2.82. The molecule has 298 valence electrons. The molecule has 0 aromatic carbocycles. The Morgan fingerprint density at radius 3 is 1.80 bits per heavy atom. The normalized spacial score (nSPS) is 21.3. The smallest absolute Gasteiger partial charge is 0.349 e. The molecule has 1 aromatic rings. The number of aromatic nitrogens is 2. The Balaban J connectivity index is 1.73. The highest BCUT2D eigenvalue weighted by Crippen LogP contribution is 2.69. The van der Waals surface area contributed by atoms with E-state index in [4.69, 9.17) is 25.4 Å². The molecule has 0 spiro atoms. The largest absolute Gasteiger partial charge is 0.490 e. The first kappa shape index (κ1) is 46.4. The minimum Gasteiger partial charge on any atom is -0.349 e. The molecule has 1 fully saturated rings. The zero-order chi connectivity index (χ0) is 37.8. The fraction of sp³-hybridized carbons (Fsp3) is 0.871. The molecule has 0 amide bonds. The van der Waals surface area contributed by atoms with Crippen LogP contribution in [0.5, 0.6) is 0 Å². The molecule has 6 atom stereocenters. The number of nitrogens with zero attached hydrogens (tertiary/aromatic N) is 1. The summed E-state index contributed by atoms with van der Waals surface area (Å²) in [4.78, 5) is 45.8. The molecule has 20 heteroatoms. The lowest BCUT2D eigenvalue weighted by atomic mass is 10.0. The van der Waals surface area contributed by atoms with E-state index in [0.717, 1.165) is 36.4 Å². The van der Waals surface area contributed by atoms with Gasteiger partial charge in [-0.1, -0.05) is 128 Å². The van der Waals surface area contributed by atoms with E-state index in [2.05, 4.69) is 20.1 Å². The first-order valence-corrected chi connectivity index (χ1v) is 23.0. The van der Waals surface area contributed by atoms with E-state index in [1.54, 1.807) is 0 Å². The van der Waals surface area contributed by atoms with Gasteiger partial charge in [-0.05, 0) is 12.8 Å². The van der Waals surface area contributed by atoms with Crippen molar-refractivity contribution in [3.8, 4) is 0 Å². The number of hydrogen-bond donors (Lipinski definition) is 3. The molecule has 51 heavy (non-hydrogen) atoms. The SMILES string of the molecule is CCCCCCCCCCCCCCCCCCOP(=O)(OCCCC)OP(=O)(O)OP(=O)(O)OC[C@H]1O[C@@H](n2cc(Cl)c(=O)[nH]c2=O)CC1F. The standard InChI is InChI=1S/C31H57ClFN2O13P3/c1-3-5-7-8-9-10-11-12-13-14-15-16-17-18-19-20-22-44-51(42,43-21-6-4-2)48-50(40,41)47-49(38,39)45-25-28-27(33)23-29(46-28)35-24-26(32)30(36)34-31(35)37/h24,27-29H,3-23,25H2,1-2H3,(H,38,39)(H,40,41)(H,34,36,37)/t27?,28-,29-,51?/m1/s1. The molecule has 1 saturated heterocycles. The number of ether oxygens (including phenoxy) is 1. The molecule has 0 saturated carbocycles. The summed E-state index contributed by atoms with van der Waals surface area (Å²) in [5, 5.41) is -0.356. The van der Waals surface area contributed by atoms with Crippen LogP contribution in [0.15, 0.2) is 15.8 Å². The molecule has 4 unspecified atom stereocenters. The molecule has 1 aliphatic rings. The number of aromatic amines is 1. The predicted molar refractivity (Wildman–Crippen MR) is 191 cm³/mol. The van der Waals surface area contributed by atoms with Crippen LogP contribution in [-0.2, 0) is 40.6 Å². The van der Waals surface area contributed by atoms with Gasteiger partial charge in [0, 0.05) is 12.6 Å². The fourth-order valence-corrected chi connectivity index (χ4v) is 9.65. The number of halogens is 2. The van der Waals surface area contributed by atoms with E-state index in [0.29, 0.717) is 19.3 Å². The van der Waals surface area contributed by atoms with E-state index in [9.17, 15) is 37.5 Å². The van der Waals surface area contributed by atoms with Gasteiger partial charge in [-0.25, -0.2) is 22.9 Å². The molecule has 1 aromatic heterocycles. The zero-order valence-electron chi connectivity index (χ0n) is 29.8. The van der Waals surface area contributed by atoms with Gasteiger partial charge in [0.25, 0.3) is 5.56 Å². The summed E-state index contributed by atoms with van der Waals surface area (Å²) < 4.78 is 83.1. The van der Waals surface area contributed by atoms with Crippen molar-refractivity contribution in [2.75, 3.05) is 19.8 Å². The number of unbranched alkanes of at least 4 members (excludes halogenated alkanes) is 16. The minimum absolute atomic E-state index is 0.128. The first-order chi connectivity index (χ1) is 24.2. The average Bonchev–Trinajstić information content (AvgIpc) is 3.42. The Hall–Kier alpha value is -0.730. The lowest BCUT2D eigenvalue weighted by Gasteiger charge is -2.22. The number of nitrogens with one attached hydrogen (secondary N) is 1. The van der Waals surface area contributed by atoms with Gasteiger partial charge in [0.15, 0.2) is 0 Å². The summed E-state index contributed by atoms with van der Waals surface area (Å²) in [6.07, 6.45) is 15.6. The number of hydrogen-bond acceptors (Lipinski definition) is 11. The van der Waals surface area contributed by atoms with Crippen molar-refractivity contribution >= 4 is 35.1 Å². The van der Waals surface area contributed by atoms with Crippen molar-refractivity contribution in [3.63, 3.8) is 0 Å². The first-order valence-electron chi connectivity index (χ1n) is 18.1. The van der Waals surface area contributed by atoms with Gasteiger partial charge in [-0.3, -0.25) is 27.9 Å². The molecule has 2 heterocycles. The summed E-state index contributed by atoms with van der Waals surface area (Å²) in [5.74, 6) is 0. The number of phosphoric acid groups is 3. The summed E-state index contributed by atoms with van der Waals surface area (Å²) in [5.41, 5.74) is -1.78. The van der Waals surface area contributed by atoms with Crippen molar-refractivity contribution < 1.29 is 54.8 Å². The predicted octanol–water partition coefficient (Wildman–Crippen LogP) is 9.27. The van der Waals surface area contributed by atoms with Crippen molar-refractivity contribution in [2.45, 2.75) is 154 Å². The van der Waals surface area contributed by atoms with Gasteiger partial charge in [-0.2, -0.15) is 8.62 Å². The second-order valence-electron chi connectivity index (χ2n) is 12.7. The van der Waals surface area contributed by atoms with Crippen molar-refractivity contribution in [3.05, 3.63) is 32.1 Å². The van der Waals surface area contributed by atoms with Crippen molar-refractivity contribution in [1.29, 1.82) is 0 Å². The van der Waals surface area contributed by atoms with Gasteiger partial charge in [0.2, 0.25) is 0 Å². The van der Waals surface area contributed by atoms with Gasteiger partial charge in [0.1, 0.15) is 23.5 Å². The van der Waals surface area contributed by atoms with Crippen LogP contribution in [0.25, 0.3) is 0 Å². The number of alkyl halides is 1. The Bertz CT molecular complexity index is 1400. The Morgan fingerprint density at radius 2 is 1.27 bits per heavy atom.